The van der Waals surface area contributed by atoms with Gasteiger partial charge in [0, 0.05) is 25.2 Å². The monoisotopic (exact) mass is 405 g/mol. The summed E-state index contributed by atoms with van der Waals surface area (Å²) in [6.07, 6.45) is 3.55. The summed E-state index contributed by atoms with van der Waals surface area (Å²) >= 11 is 0. The van der Waals surface area contributed by atoms with Gasteiger partial charge in [-0.2, -0.15) is 0 Å². The number of urea groups is 1. The van der Waals surface area contributed by atoms with Crippen molar-refractivity contribution in [2.45, 2.75) is 26.3 Å². The quantitative estimate of drug-likeness (QED) is 0.823. The number of ether oxygens (including phenoxy) is 1. The SMILES string of the molecule is COc1ccc(CN2C(=O)CCN(c3ccc(C4=CCNCC4)cc3C)C2=O)cc1. The largest absolute Gasteiger partial charge is 0.497 e. The molecule has 0 aromatic heterocycles. The molecule has 0 bridgehead atoms. The third-order valence-electron chi connectivity index (χ3n) is 5.73. The molecule has 1 saturated heterocycles. The Morgan fingerprint density at radius 3 is 2.53 bits per heavy atom. The number of nitrogens with one attached hydrogen (secondary N) is 1. The summed E-state index contributed by atoms with van der Waals surface area (Å²) in [5.41, 5.74) is 5.34. The van der Waals surface area contributed by atoms with Gasteiger partial charge in [-0.3, -0.25) is 14.6 Å². The molecule has 2 aromatic rings. The first kappa shape index (κ1) is 20.2. The van der Waals surface area contributed by atoms with E-state index in [1.807, 2.05) is 37.3 Å². The van der Waals surface area contributed by atoms with Crippen molar-refractivity contribution < 1.29 is 14.3 Å². The van der Waals surface area contributed by atoms with Gasteiger partial charge in [-0.15, -0.1) is 0 Å². The number of anilines is 1. The summed E-state index contributed by atoms with van der Waals surface area (Å²) in [5, 5.41) is 3.33. The highest BCUT2D eigenvalue weighted by Gasteiger charge is 2.33. The summed E-state index contributed by atoms with van der Waals surface area (Å²) < 4.78 is 5.18. The van der Waals surface area contributed by atoms with Crippen LogP contribution in [0.15, 0.2) is 48.5 Å². The summed E-state index contributed by atoms with van der Waals surface area (Å²) in [6.45, 7) is 4.57. The van der Waals surface area contributed by atoms with Crippen LogP contribution in [0.2, 0.25) is 0 Å². The fraction of sp³-hybridized carbons (Fsp3) is 0.333. The predicted molar refractivity (Wildman–Crippen MR) is 118 cm³/mol. The van der Waals surface area contributed by atoms with Crippen LogP contribution in [-0.2, 0) is 11.3 Å². The Bertz CT molecular complexity index is 982. The zero-order chi connectivity index (χ0) is 21.1. The highest BCUT2D eigenvalue weighted by Crippen LogP contribution is 2.29. The average Bonchev–Trinajstić information content (AvgIpc) is 2.78. The maximum Gasteiger partial charge on any atom is 0.331 e. The van der Waals surface area contributed by atoms with Gasteiger partial charge in [-0.25, -0.2) is 4.79 Å². The van der Waals surface area contributed by atoms with Crippen molar-refractivity contribution in [1.29, 1.82) is 0 Å². The fourth-order valence-corrected chi connectivity index (χ4v) is 4.03. The van der Waals surface area contributed by atoms with Crippen LogP contribution in [0.3, 0.4) is 0 Å². The fourth-order valence-electron chi connectivity index (χ4n) is 4.03. The van der Waals surface area contributed by atoms with Crippen LogP contribution in [0.5, 0.6) is 5.75 Å². The van der Waals surface area contributed by atoms with E-state index in [2.05, 4.69) is 23.5 Å². The Kier molecular flexibility index (Phi) is 5.86. The molecule has 1 fully saturated rings. The maximum atomic E-state index is 13.2. The van der Waals surface area contributed by atoms with Crippen molar-refractivity contribution in [3.05, 3.63) is 65.2 Å². The number of carbonyl (C=O) groups is 2. The zero-order valence-electron chi connectivity index (χ0n) is 17.5. The maximum absolute atomic E-state index is 13.2. The van der Waals surface area contributed by atoms with Gasteiger partial charge in [0.05, 0.1) is 13.7 Å². The number of methoxy groups -OCH3 is 1. The van der Waals surface area contributed by atoms with Crippen LogP contribution in [0.25, 0.3) is 5.57 Å². The standard InChI is InChI=1S/C24H27N3O3/c1-17-15-20(19-9-12-25-13-10-19)5-8-22(17)26-14-11-23(28)27(24(26)29)16-18-3-6-21(30-2)7-4-18/h3-9,15,25H,10-14,16H2,1-2H3. The number of carbonyl (C=O) groups excluding carboxylic acids is 2. The van der Waals surface area contributed by atoms with E-state index in [1.54, 1.807) is 12.0 Å². The van der Waals surface area contributed by atoms with E-state index in [0.29, 0.717) is 13.0 Å². The van der Waals surface area contributed by atoms with Gasteiger partial charge in [-0.05, 0) is 66.4 Å². The second kappa shape index (κ2) is 8.71. The van der Waals surface area contributed by atoms with Crippen molar-refractivity contribution >= 4 is 23.2 Å². The number of nitrogens with zero attached hydrogens (tertiary/aromatic N) is 2. The molecule has 6 nitrogen and oxygen atoms in total. The molecular formula is C24H27N3O3. The Morgan fingerprint density at radius 2 is 1.87 bits per heavy atom. The number of rotatable bonds is 5. The minimum atomic E-state index is -0.265. The van der Waals surface area contributed by atoms with Crippen LogP contribution in [-0.4, -0.2) is 43.6 Å². The third-order valence-corrected chi connectivity index (χ3v) is 5.73. The topological polar surface area (TPSA) is 61.9 Å². The van der Waals surface area contributed by atoms with E-state index in [4.69, 9.17) is 4.74 Å². The number of aryl methyl sites for hydroxylation is 1. The molecule has 2 aromatic carbocycles. The van der Waals surface area contributed by atoms with Crippen molar-refractivity contribution in [3.63, 3.8) is 0 Å². The lowest BCUT2D eigenvalue weighted by atomic mass is 9.97. The minimum Gasteiger partial charge on any atom is -0.497 e. The first-order chi connectivity index (χ1) is 14.6. The predicted octanol–water partition coefficient (Wildman–Crippen LogP) is 3.74. The Labute approximate surface area is 177 Å². The lowest BCUT2D eigenvalue weighted by Gasteiger charge is -2.35. The molecule has 0 spiro atoms. The lowest BCUT2D eigenvalue weighted by Crippen LogP contribution is -2.52. The molecule has 30 heavy (non-hydrogen) atoms. The van der Waals surface area contributed by atoms with E-state index in [0.717, 1.165) is 42.1 Å². The Balaban J connectivity index is 1.54. The van der Waals surface area contributed by atoms with Crippen LogP contribution < -0.4 is 15.0 Å². The van der Waals surface area contributed by atoms with Gasteiger partial charge in [0.25, 0.3) is 0 Å². The summed E-state index contributed by atoms with van der Waals surface area (Å²) in [6, 6.07) is 13.4. The molecule has 0 aliphatic carbocycles. The van der Waals surface area contributed by atoms with Crippen molar-refractivity contribution in [1.82, 2.24) is 10.2 Å². The molecule has 0 atom stereocenters. The molecule has 156 valence electrons. The van der Waals surface area contributed by atoms with Crippen molar-refractivity contribution in [3.8, 4) is 5.75 Å². The van der Waals surface area contributed by atoms with Crippen LogP contribution in [0.4, 0.5) is 10.5 Å². The number of amides is 3. The first-order valence-electron chi connectivity index (χ1n) is 10.3. The van der Waals surface area contributed by atoms with Crippen LogP contribution in [0, 0.1) is 6.92 Å². The first-order valence-corrected chi connectivity index (χ1v) is 10.3. The molecular weight excluding hydrogens is 378 g/mol. The van der Waals surface area contributed by atoms with Gasteiger partial charge in [-0.1, -0.05) is 24.3 Å². The van der Waals surface area contributed by atoms with Crippen LogP contribution in [0.1, 0.15) is 29.5 Å². The zero-order valence-corrected chi connectivity index (χ0v) is 17.5. The highest BCUT2D eigenvalue weighted by atomic mass is 16.5. The van der Waals surface area contributed by atoms with E-state index in [-0.39, 0.29) is 18.5 Å². The van der Waals surface area contributed by atoms with Crippen LogP contribution >= 0.6 is 0 Å². The molecule has 4 rings (SSSR count). The molecule has 3 amide bonds. The minimum absolute atomic E-state index is 0.138. The molecule has 1 N–H and O–H groups in total. The van der Waals surface area contributed by atoms with Gasteiger partial charge >= 0.3 is 6.03 Å². The van der Waals surface area contributed by atoms with Gasteiger partial charge in [0.15, 0.2) is 0 Å². The van der Waals surface area contributed by atoms with Gasteiger partial charge < -0.3 is 10.1 Å². The number of benzene rings is 2. The van der Waals surface area contributed by atoms with Gasteiger partial charge in [0.2, 0.25) is 5.91 Å². The normalized spacial score (nSPS) is 17.2. The highest BCUT2D eigenvalue weighted by molar-refractivity contribution is 6.06. The molecule has 2 aliphatic rings. The smallest absolute Gasteiger partial charge is 0.331 e. The van der Waals surface area contributed by atoms with E-state index < -0.39 is 0 Å². The van der Waals surface area contributed by atoms with E-state index in [1.165, 1.54) is 16.0 Å². The lowest BCUT2D eigenvalue weighted by molar-refractivity contribution is -0.129. The second-order valence-corrected chi connectivity index (χ2v) is 7.70. The molecule has 2 heterocycles. The van der Waals surface area contributed by atoms with Crippen molar-refractivity contribution in [2.75, 3.05) is 31.6 Å². The summed E-state index contributed by atoms with van der Waals surface area (Å²) in [5.74, 6) is 0.609. The van der Waals surface area contributed by atoms with Gasteiger partial charge in [0.1, 0.15) is 5.75 Å². The number of hydrogen-bond donors (Lipinski definition) is 1. The third kappa shape index (κ3) is 4.09. The van der Waals surface area contributed by atoms with Crippen molar-refractivity contribution in [2.24, 2.45) is 0 Å². The molecule has 0 unspecified atom stereocenters. The molecule has 6 heteroatoms. The van der Waals surface area contributed by atoms with E-state index >= 15 is 0 Å². The second-order valence-electron chi connectivity index (χ2n) is 7.70. The Hall–Kier alpha value is -3.12. The number of imide groups is 1. The summed E-state index contributed by atoms with van der Waals surface area (Å²) in [4.78, 5) is 28.7. The number of hydrogen-bond acceptors (Lipinski definition) is 4. The summed E-state index contributed by atoms with van der Waals surface area (Å²) in [7, 11) is 1.61. The van der Waals surface area contributed by atoms with E-state index in [9.17, 15) is 9.59 Å². The molecule has 2 aliphatic heterocycles. The Morgan fingerprint density at radius 1 is 1.07 bits per heavy atom. The molecule has 0 saturated carbocycles. The average molecular weight is 405 g/mol. The molecule has 0 radical (unpaired) electrons.